The Kier molecular flexibility index (Phi) is 7.65. The number of aliphatic imine (C=N–C) groups is 1. The molecule has 0 fully saturated rings. The zero-order valence-electron chi connectivity index (χ0n) is 13.9. The average Bonchev–Trinajstić information content (AvgIpc) is 2.43. The summed E-state index contributed by atoms with van der Waals surface area (Å²) in [6, 6.07) is 8.57. The first-order valence-electron chi connectivity index (χ1n) is 7.81. The van der Waals surface area contributed by atoms with Crippen LogP contribution in [0.15, 0.2) is 29.3 Å². The highest BCUT2D eigenvalue weighted by atomic mass is 16.5. The molecule has 118 valence electrons. The third-order valence-electron chi connectivity index (χ3n) is 2.93. The van der Waals surface area contributed by atoms with Crippen molar-refractivity contribution in [3.8, 4) is 5.75 Å². The SMILES string of the molecule is CCNC(=NCCOc1ccccc1C(C)C)NC(C)C. The molecule has 0 spiro atoms. The van der Waals surface area contributed by atoms with E-state index >= 15 is 0 Å². The summed E-state index contributed by atoms with van der Waals surface area (Å²) in [6.45, 7) is 12.7. The van der Waals surface area contributed by atoms with Gasteiger partial charge in [-0.15, -0.1) is 0 Å². The minimum absolute atomic E-state index is 0.366. The molecule has 1 rings (SSSR count). The molecule has 0 bridgehead atoms. The van der Waals surface area contributed by atoms with Crippen molar-refractivity contribution < 1.29 is 4.74 Å². The highest BCUT2D eigenvalue weighted by molar-refractivity contribution is 5.79. The number of hydrogen-bond donors (Lipinski definition) is 2. The van der Waals surface area contributed by atoms with E-state index in [0.717, 1.165) is 18.3 Å². The molecule has 0 unspecified atom stereocenters. The van der Waals surface area contributed by atoms with Gasteiger partial charge in [0.2, 0.25) is 0 Å². The highest BCUT2D eigenvalue weighted by Gasteiger charge is 2.06. The first-order valence-corrected chi connectivity index (χ1v) is 7.81. The van der Waals surface area contributed by atoms with Crippen LogP contribution >= 0.6 is 0 Å². The molecule has 0 aromatic heterocycles. The predicted molar refractivity (Wildman–Crippen MR) is 90.3 cm³/mol. The molecular weight excluding hydrogens is 262 g/mol. The number of benzene rings is 1. The zero-order chi connectivity index (χ0) is 15.7. The van der Waals surface area contributed by atoms with Crippen LogP contribution in [0.4, 0.5) is 0 Å². The molecule has 1 aromatic rings. The van der Waals surface area contributed by atoms with Gasteiger partial charge in [-0.05, 0) is 38.3 Å². The van der Waals surface area contributed by atoms with Gasteiger partial charge in [0.05, 0.1) is 6.54 Å². The Balaban J connectivity index is 2.52. The third-order valence-corrected chi connectivity index (χ3v) is 2.93. The molecule has 0 heterocycles. The quantitative estimate of drug-likeness (QED) is 0.461. The van der Waals surface area contributed by atoms with Gasteiger partial charge in [0.1, 0.15) is 12.4 Å². The summed E-state index contributed by atoms with van der Waals surface area (Å²) in [6.07, 6.45) is 0. The Hall–Kier alpha value is -1.71. The molecule has 4 heteroatoms. The fraction of sp³-hybridized carbons (Fsp3) is 0.588. The van der Waals surface area contributed by atoms with Gasteiger partial charge in [-0.25, -0.2) is 4.99 Å². The van der Waals surface area contributed by atoms with Crippen molar-refractivity contribution in [2.75, 3.05) is 19.7 Å². The second-order valence-electron chi connectivity index (χ2n) is 5.60. The van der Waals surface area contributed by atoms with Crippen LogP contribution in [0, 0.1) is 0 Å². The maximum Gasteiger partial charge on any atom is 0.191 e. The number of ether oxygens (including phenoxy) is 1. The number of nitrogens with one attached hydrogen (secondary N) is 2. The molecule has 0 amide bonds. The highest BCUT2D eigenvalue weighted by Crippen LogP contribution is 2.25. The largest absolute Gasteiger partial charge is 0.491 e. The maximum absolute atomic E-state index is 5.87. The standard InChI is InChI=1S/C17H29N3O/c1-6-18-17(20-14(4)5)19-11-12-21-16-10-8-7-9-15(16)13(2)3/h7-10,13-14H,6,11-12H2,1-5H3,(H2,18,19,20). The Bertz CT molecular complexity index is 441. The molecular formula is C17H29N3O. The maximum atomic E-state index is 5.87. The van der Waals surface area contributed by atoms with Gasteiger partial charge in [0.25, 0.3) is 0 Å². The van der Waals surface area contributed by atoms with E-state index in [-0.39, 0.29) is 0 Å². The molecule has 0 atom stereocenters. The Morgan fingerprint density at radius 1 is 1.19 bits per heavy atom. The molecule has 0 aliphatic heterocycles. The third kappa shape index (κ3) is 6.52. The monoisotopic (exact) mass is 291 g/mol. The van der Waals surface area contributed by atoms with Crippen LogP contribution in [0.5, 0.6) is 5.75 Å². The molecule has 21 heavy (non-hydrogen) atoms. The Morgan fingerprint density at radius 3 is 2.52 bits per heavy atom. The fourth-order valence-electron chi connectivity index (χ4n) is 2.00. The van der Waals surface area contributed by atoms with E-state index in [0.29, 0.717) is 25.1 Å². The van der Waals surface area contributed by atoms with Gasteiger partial charge in [-0.1, -0.05) is 32.0 Å². The summed E-state index contributed by atoms with van der Waals surface area (Å²) < 4.78 is 5.87. The van der Waals surface area contributed by atoms with Gasteiger partial charge >= 0.3 is 0 Å². The van der Waals surface area contributed by atoms with Crippen molar-refractivity contribution in [1.82, 2.24) is 10.6 Å². The second kappa shape index (κ2) is 9.27. The summed E-state index contributed by atoms with van der Waals surface area (Å²) >= 11 is 0. The van der Waals surface area contributed by atoms with E-state index in [4.69, 9.17) is 4.74 Å². The van der Waals surface area contributed by atoms with Crippen molar-refractivity contribution in [1.29, 1.82) is 0 Å². The van der Waals surface area contributed by atoms with E-state index in [1.165, 1.54) is 5.56 Å². The molecule has 0 aliphatic rings. The smallest absolute Gasteiger partial charge is 0.191 e. The van der Waals surface area contributed by atoms with Gasteiger partial charge in [0, 0.05) is 12.6 Å². The van der Waals surface area contributed by atoms with Crippen molar-refractivity contribution in [3.05, 3.63) is 29.8 Å². The zero-order valence-corrected chi connectivity index (χ0v) is 13.9. The molecule has 0 saturated carbocycles. The van der Waals surface area contributed by atoms with Gasteiger partial charge in [-0.3, -0.25) is 0 Å². The minimum atomic E-state index is 0.366. The molecule has 2 N–H and O–H groups in total. The van der Waals surface area contributed by atoms with Crippen molar-refractivity contribution in [2.24, 2.45) is 4.99 Å². The van der Waals surface area contributed by atoms with Crippen molar-refractivity contribution in [3.63, 3.8) is 0 Å². The molecule has 0 saturated heterocycles. The lowest BCUT2D eigenvalue weighted by atomic mass is 10.0. The predicted octanol–water partition coefficient (Wildman–Crippen LogP) is 3.15. The van der Waals surface area contributed by atoms with Crippen LogP contribution in [-0.2, 0) is 0 Å². The summed E-state index contributed by atoms with van der Waals surface area (Å²) in [4.78, 5) is 4.51. The second-order valence-corrected chi connectivity index (χ2v) is 5.60. The fourth-order valence-corrected chi connectivity index (χ4v) is 2.00. The van der Waals surface area contributed by atoms with Crippen LogP contribution < -0.4 is 15.4 Å². The average molecular weight is 291 g/mol. The number of guanidine groups is 1. The molecule has 4 nitrogen and oxygen atoms in total. The number of hydrogen-bond acceptors (Lipinski definition) is 2. The Labute approximate surface area is 129 Å². The van der Waals surface area contributed by atoms with E-state index < -0.39 is 0 Å². The lowest BCUT2D eigenvalue weighted by molar-refractivity contribution is 0.323. The van der Waals surface area contributed by atoms with Gasteiger partial charge in [0.15, 0.2) is 5.96 Å². The van der Waals surface area contributed by atoms with E-state index in [1.54, 1.807) is 0 Å². The lowest BCUT2D eigenvalue weighted by Crippen LogP contribution is -2.41. The first kappa shape index (κ1) is 17.3. The van der Waals surface area contributed by atoms with Crippen LogP contribution in [0.25, 0.3) is 0 Å². The summed E-state index contributed by atoms with van der Waals surface area (Å²) in [7, 11) is 0. The van der Waals surface area contributed by atoms with Gasteiger partial charge < -0.3 is 15.4 Å². The lowest BCUT2D eigenvalue weighted by Gasteiger charge is -2.15. The van der Waals surface area contributed by atoms with Crippen LogP contribution in [0.1, 0.15) is 46.1 Å². The normalized spacial score (nSPS) is 11.9. The topological polar surface area (TPSA) is 45.7 Å². The first-order chi connectivity index (χ1) is 10.0. The number of nitrogens with zero attached hydrogens (tertiary/aromatic N) is 1. The van der Waals surface area contributed by atoms with E-state index in [1.807, 2.05) is 12.1 Å². The van der Waals surface area contributed by atoms with Crippen molar-refractivity contribution in [2.45, 2.75) is 46.6 Å². The summed E-state index contributed by atoms with van der Waals surface area (Å²) in [5.74, 6) is 2.27. The van der Waals surface area contributed by atoms with Crippen LogP contribution in [-0.4, -0.2) is 31.7 Å². The minimum Gasteiger partial charge on any atom is -0.491 e. The molecule has 0 aliphatic carbocycles. The van der Waals surface area contributed by atoms with Gasteiger partial charge in [-0.2, -0.15) is 0 Å². The van der Waals surface area contributed by atoms with Crippen LogP contribution in [0.3, 0.4) is 0 Å². The van der Waals surface area contributed by atoms with Crippen LogP contribution in [0.2, 0.25) is 0 Å². The summed E-state index contributed by atoms with van der Waals surface area (Å²) in [5.41, 5.74) is 1.24. The van der Waals surface area contributed by atoms with E-state index in [9.17, 15) is 0 Å². The number of rotatable bonds is 7. The summed E-state index contributed by atoms with van der Waals surface area (Å²) in [5, 5.41) is 6.52. The Morgan fingerprint density at radius 2 is 1.90 bits per heavy atom. The van der Waals surface area contributed by atoms with E-state index in [2.05, 4.69) is 62.4 Å². The molecule has 1 aromatic carbocycles. The number of para-hydroxylation sites is 1. The van der Waals surface area contributed by atoms with Crippen molar-refractivity contribution >= 4 is 5.96 Å². The molecule has 0 radical (unpaired) electrons.